The van der Waals surface area contributed by atoms with Gasteiger partial charge in [0.1, 0.15) is 6.04 Å². The number of benzene rings is 1. The van der Waals surface area contributed by atoms with E-state index < -0.39 is 11.5 Å². The molecular formula is C25H34N4O5. The summed E-state index contributed by atoms with van der Waals surface area (Å²) in [5.41, 5.74) is 1.81. The second kappa shape index (κ2) is 9.92. The number of carbonyl (C=O) groups excluding carboxylic acids is 3. The number of morpholine rings is 1. The summed E-state index contributed by atoms with van der Waals surface area (Å²) >= 11 is 0. The van der Waals surface area contributed by atoms with Crippen LogP contribution in [-0.2, 0) is 24.5 Å². The summed E-state index contributed by atoms with van der Waals surface area (Å²) in [7, 11) is 0. The number of hydrogen-bond acceptors (Lipinski definition) is 5. The third kappa shape index (κ3) is 4.51. The van der Waals surface area contributed by atoms with Crippen molar-refractivity contribution in [1.82, 2.24) is 10.2 Å². The van der Waals surface area contributed by atoms with E-state index in [1.54, 1.807) is 4.90 Å². The van der Waals surface area contributed by atoms with E-state index in [9.17, 15) is 14.4 Å². The molecule has 1 aliphatic carbocycles. The van der Waals surface area contributed by atoms with E-state index in [4.69, 9.17) is 9.47 Å². The highest BCUT2D eigenvalue weighted by Gasteiger charge is 2.47. The Hall–Kier alpha value is -2.65. The number of ether oxygens (including phenoxy) is 2. The van der Waals surface area contributed by atoms with Crippen LogP contribution < -0.4 is 16.0 Å². The van der Waals surface area contributed by atoms with Gasteiger partial charge in [0.15, 0.2) is 0 Å². The second-order valence-corrected chi connectivity index (χ2v) is 9.82. The van der Waals surface area contributed by atoms with Gasteiger partial charge in [0.05, 0.1) is 18.6 Å². The summed E-state index contributed by atoms with van der Waals surface area (Å²) in [6.45, 7) is 3.23. The minimum atomic E-state index is -0.597. The van der Waals surface area contributed by atoms with Crippen LogP contribution in [-0.4, -0.2) is 68.3 Å². The van der Waals surface area contributed by atoms with Crippen molar-refractivity contribution in [1.29, 1.82) is 0 Å². The van der Waals surface area contributed by atoms with Crippen LogP contribution in [0.3, 0.4) is 0 Å². The van der Waals surface area contributed by atoms with Gasteiger partial charge in [-0.3, -0.25) is 9.59 Å². The minimum Gasteiger partial charge on any atom is -0.381 e. The summed E-state index contributed by atoms with van der Waals surface area (Å²) in [5, 5.41) is 9.03. The number of fused-ring (bicyclic) bond motifs is 2. The molecule has 1 atom stereocenters. The maximum Gasteiger partial charge on any atom is 0.318 e. The highest BCUT2D eigenvalue weighted by Crippen LogP contribution is 2.45. The lowest BCUT2D eigenvalue weighted by Gasteiger charge is -2.33. The van der Waals surface area contributed by atoms with Gasteiger partial charge >= 0.3 is 6.03 Å². The van der Waals surface area contributed by atoms with Crippen LogP contribution in [0.2, 0.25) is 0 Å². The molecule has 34 heavy (non-hydrogen) atoms. The zero-order valence-corrected chi connectivity index (χ0v) is 19.6. The molecule has 1 aromatic carbocycles. The van der Waals surface area contributed by atoms with Gasteiger partial charge in [0.2, 0.25) is 11.8 Å². The van der Waals surface area contributed by atoms with Crippen LogP contribution in [0.25, 0.3) is 0 Å². The van der Waals surface area contributed by atoms with Crippen molar-refractivity contribution in [3.8, 4) is 0 Å². The van der Waals surface area contributed by atoms with Crippen molar-refractivity contribution in [2.24, 2.45) is 5.92 Å². The zero-order valence-electron chi connectivity index (χ0n) is 19.6. The molecule has 1 spiro atoms. The van der Waals surface area contributed by atoms with Crippen molar-refractivity contribution < 1.29 is 23.9 Å². The standard InChI is InChI=1S/C25H34N4O5/c30-22(21(17-4-2-1-3-5-17)28-24(32)29-10-14-34-15-11-29)26-18-6-7-19-20(16-18)27-23(31)25(19)8-12-33-13-9-25/h6-7,16-17,21H,1-5,8-15H2,(H,26,30)(H,27,31)(H,28,32)/t21-/m0/s1. The summed E-state index contributed by atoms with van der Waals surface area (Å²) in [4.78, 5) is 40.8. The molecule has 5 rings (SSSR count). The molecule has 9 nitrogen and oxygen atoms in total. The normalized spacial score (nSPS) is 23.2. The first-order valence-corrected chi connectivity index (χ1v) is 12.5. The van der Waals surface area contributed by atoms with Gasteiger partial charge in [-0.25, -0.2) is 4.79 Å². The van der Waals surface area contributed by atoms with Crippen molar-refractivity contribution in [3.05, 3.63) is 23.8 Å². The van der Waals surface area contributed by atoms with Gasteiger partial charge < -0.3 is 30.3 Å². The van der Waals surface area contributed by atoms with E-state index in [1.807, 2.05) is 18.2 Å². The van der Waals surface area contributed by atoms with Crippen LogP contribution in [0.4, 0.5) is 16.2 Å². The SMILES string of the molecule is O=C(Nc1ccc2c(c1)NC(=O)C21CCOCC1)[C@@H](NC(=O)N1CCOCC1)C1CCCCC1. The first-order valence-electron chi connectivity index (χ1n) is 12.5. The van der Waals surface area contributed by atoms with E-state index in [2.05, 4.69) is 16.0 Å². The molecular weight excluding hydrogens is 436 g/mol. The zero-order chi connectivity index (χ0) is 23.5. The van der Waals surface area contributed by atoms with Crippen molar-refractivity contribution in [2.45, 2.75) is 56.4 Å². The molecule has 1 aromatic rings. The first kappa shape index (κ1) is 23.1. The number of nitrogens with one attached hydrogen (secondary N) is 3. The van der Waals surface area contributed by atoms with Crippen LogP contribution in [0, 0.1) is 5.92 Å². The van der Waals surface area contributed by atoms with E-state index in [1.165, 1.54) is 6.42 Å². The van der Waals surface area contributed by atoms with Gasteiger partial charge in [-0.15, -0.1) is 0 Å². The highest BCUT2D eigenvalue weighted by atomic mass is 16.5. The Kier molecular flexibility index (Phi) is 6.74. The third-order valence-corrected chi connectivity index (χ3v) is 7.81. The van der Waals surface area contributed by atoms with Crippen molar-refractivity contribution in [3.63, 3.8) is 0 Å². The lowest BCUT2D eigenvalue weighted by Crippen LogP contribution is -2.55. The number of hydrogen-bond donors (Lipinski definition) is 3. The van der Waals surface area contributed by atoms with Crippen LogP contribution >= 0.6 is 0 Å². The van der Waals surface area contributed by atoms with Crippen molar-refractivity contribution >= 4 is 29.2 Å². The van der Waals surface area contributed by atoms with Crippen LogP contribution in [0.1, 0.15) is 50.5 Å². The number of anilines is 2. The van der Waals surface area contributed by atoms with Crippen LogP contribution in [0.15, 0.2) is 18.2 Å². The Morgan fingerprint density at radius 3 is 2.47 bits per heavy atom. The second-order valence-electron chi connectivity index (χ2n) is 9.82. The molecule has 4 amide bonds. The molecule has 9 heteroatoms. The summed E-state index contributed by atoms with van der Waals surface area (Å²) in [6, 6.07) is 4.82. The lowest BCUT2D eigenvalue weighted by molar-refractivity contribution is -0.124. The van der Waals surface area contributed by atoms with Gasteiger partial charge in [-0.05, 0) is 49.3 Å². The monoisotopic (exact) mass is 470 g/mol. The number of carbonyl (C=O) groups is 3. The Bertz CT molecular complexity index is 933. The largest absolute Gasteiger partial charge is 0.381 e. The highest BCUT2D eigenvalue weighted by molar-refractivity contribution is 6.07. The quantitative estimate of drug-likeness (QED) is 0.627. The smallest absolute Gasteiger partial charge is 0.318 e. The molecule has 184 valence electrons. The predicted octanol–water partition coefficient (Wildman–Crippen LogP) is 2.62. The predicted molar refractivity (Wildman–Crippen MR) is 127 cm³/mol. The summed E-state index contributed by atoms with van der Waals surface area (Å²) < 4.78 is 10.8. The van der Waals surface area contributed by atoms with Gasteiger partial charge in [-0.1, -0.05) is 25.3 Å². The Labute approximate surface area is 199 Å². The summed E-state index contributed by atoms with van der Waals surface area (Å²) in [6.07, 6.45) is 6.47. The lowest BCUT2D eigenvalue weighted by atomic mass is 9.75. The van der Waals surface area contributed by atoms with Gasteiger partial charge in [0.25, 0.3) is 0 Å². The van der Waals surface area contributed by atoms with E-state index in [0.717, 1.165) is 36.9 Å². The molecule has 3 fully saturated rings. The van der Waals surface area contributed by atoms with E-state index in [-0.39, 0.29) is 23.8 Å². The average molecular weight is 471 g/mol. The van der Waals surface area contributed by atoms with Crippen LogP contribution in [0.5, 0.6) is 0 Å². The molecule has 3 heterocycles. The topological polar surface area (TPSA) is 109 Å². The molecule has 3 N–H and O–H groups in total. The fourth-order valence-electron chi connectivity index (χ4n) is 5.80. The third-order valence-electron chi connectivity index (χ3n) is 7.81. The Morgan fingerprint density at radius 2 is 1.74 bits per heavy atom. The maximum absolute atomic E-state index is 13.4. The molecule has 0 unspecified atom stereocenters. The number of nitrogens with zero attached hydrogens (tertiary/aromatic N) is 1. The average Bonchev–Trinajstić information content (AvgIpc) is 3.13. The van der Waals surface area contributed by atoms with Gasteiger partial charge in [0, 0.05) is 37.7 Å². The van der Waals surface area contributed by atoms with Gasteiger partial charge in [-0.2, -0.15) is 0 Å². The first-order chi connectivity index (χ1) is 16.6. The van der Waals surface area contributed by atoms with E-state index in [0.29, 0.717) is 58.0 Å². The molecule has 3 aliphatic heterocycles. The fourth-order valence-corrected chi connectivity index (χ4v) is 5.80. The Morgan fingerprint density at radius 1 is 1.03 bits per heavy atom. The van der Waals surface area contributed by atoms with Crippen molar-refractivity contribution in [2.75, 3.05) is 50.2 Å². The number of rotatable bonds is 4. The molecule has 0 aromatic heterocycles. The summed E-state index contributed by atoms with van der Waals surface area (Å²) in [5.74, 6) is -0.0934. The molecule has 0 radical (unpaired) electrons. The molecule has 0 bridgehead atoms. The minimum absolute atomic E-state index is 0.00660. The molecule has 2 saturated heterocycles. The number of amides is 4. The Balaban J connectivity index is 1.31. The number of urea groups is 1. The maximum atomic E-state index is 13.4. The molecule has 4 aliphatic rings. The molecule has 1 saturated carbocycles. The van der Waals surface area contributed by atoms with E-state index >= 15 is 0 Å². The fraction of sp³-hybridized carbons (Fsp3) is 0.640.